The summed E-state index contributed by atoms with van der Waals surface area (Å²) in [6.07, 6.45) is 9.77. The zero-order valence-electron chi connectivity index (χ0n) is 16.0. The fourth-order valence-electron chi connectivity index (χ4n) is 3.69. The van der Waals surface area contributed by atoms with Crippen molar-refractivity contribution in [3.63, 3.8) is 0 Å². The summed E-state index contributed by atoms with van der Waals surface area (Å²) in [4.78, 5) is 0. The molecular weight excluding hydrogens is 349 g/mol. The van der Waals surface area contributed by atoms with Gasteiger partial charge in [0, 0.05) is 13.1 Å². The molecule has 0 aliphatic carbocycles. The van der Waals surface area contributed by atoms with Crippen molar-refractivity contribution in [2.24, 2.45) is 10.3 Å². The number of piperidine rings is 1. The smallest absolute Gasteiger partial charge is 0.1000 e. The molecule has 0 atom stereocenters. The summed E-state index contributed by atoms with van der Waals surface area (Å²) >= 11 is 0. The molecule has 0 unspecified atom stereocenters. The first-order valence-electron chi connectivity index (χ1n) is 9.70. The highest BCUT2D eigenvalue weighted by Gasteiger charge is 2.40. The van der Waals surface area contributed by atoms with Gasteiger partial charge in [-0.05, 0) is 55.7 Å². The van der Waals surface area contributed by atoms with Crippen LogP contribution >= 0.6 is 7.26 Å². The predicted molar refractivity (Wildman–Crippen MR) is 119 cm³/mol. The van der Waals surface area contributed by atoms with Gasteiger partial charge in [0.15, 0.2) is 0 Å². The number of nitrogens with zero attached hydrogens (tertiary/aromatic N) is 3. The maximum atomic E-state index is 4.44. The van der Waals surface area contributed by atoms with E-state index in [-0.39, 0.29) is 0 Å². The summed E-state index contributed by atoms with van der Waals surface area (Å²) in [6, 6.07) is 19.4. The molecule has 3 rings (SSSR count). The highest BCUT2D eigenvalue weighted by atomic mass is 31.2. The standard InChI is InChI=1S/C23H29N3P/c1-3-19-27(20-4-2,22-11-7-5-8-12-22)23-15-13-21(14-16-23)24-25-26-17-9-6-10-18-26/h3-5,7-8,11-16H,1-2,6,9-10,17-20H2/q+1. The summed E-state index contributed by atoms with van der Waals surface area (Å²) in [5.74, 6) is 0. The van der Waals surface area contributed by atoms with Crippen LogP contribution in [0.1, 0.15) is 19.3 Å². The largest absolute Gasteiger partial charge is 0.278 e. The molecule has 0 N–H and O–H groups in total. The molecule has 140 valence electrons. The minimum atomic E-state index is -1.58. The number of benzene rings is 2. The van der Waals surface area contributed by atoms with Gasteiger partial charge in [-0.3, -0.25) is 5.01 Å². The van der Waals surface area contributed by atoms with Crippen LogP contribution in [-0.4, -0.2) is 30.4 Å². The molecule has 3 nitrogen and oxygen atoms in total. The zero-order chi connectivity index (χ0) is 19.0. The molecule has 0 radical (unpaired) electrons. The molecule has 2 aromatic rings. The van der Waals surface area contributed by atoms with Crippen molar-refractivity contribution in [2.75, 3.05) is 25.4 Å². The van der Waals surface area contributed by atoms with Gasteiger partial charge < -0.3 is 0 Å². The fraction of sp³-hybridized carbons (Fsp3) is 0.304. The van der Waals surface area contributed by atoms with Crippen LogP contribution < -0.4 is 10.6 Å². The van der Waals surface area contributed by atoms with E-state index < -0.39 is 7.26 Å². The summed E-state index contributed by atoms with van der Waals surface area (Å²) < 4.78 is 0. The maximum absolute atomic E-state index is 4.44. The predicted octanol–water partition coefficient (Wildman–Crippen LogP) is 5.51. The number of rotatable bonds is 8. The molecule has 0 saturated carbocycles. The van der Waals surface area contributed by atoms with E-state index in [4.69, 9.17) is 0 Å². The highest BCUT2D eigenvalue weighted by molar-refractivity contribution is 7.89. The van der Waals surface area contributed by atoms with Gasteiger partial charge in [0.1, 0.15) is 0 Å². The Hall–Kier alpha value is -2.25. The van der Waals surface area contributed by atoms with Gasteiger partial charge in [-0.1, -0.05) is 48.7 Å². The number of hydrogen-bond donors (Lipinski definition) is 0. The van der Waals surface area contributed by atoms with E-state index in [2.05, 4.69) is 83.1 Å². The van der Waals surface area contributed by atoms with Crippen LogP contribution in [0.4, 0.5) is 5.69 Å². The number of allylic oxidation sites excluding steroid dienone is 2. The van der Waals surface area contributed by atoms with E-state index in [1.54, 1.807) is 0 Å². The third kappa shape index (κ3) is 4.73. The molecule has 4 heteroatoms. The third-order valence-electron chi connectivity index (χ3n) is 5.10. The van der Waals surface area contributed by atoms with Crippen LogP contribution in [0.2, 0.25) is 0 Å². The van der Waals surface area contributed by atoms with Gasteiger partial charge in [0.05, 0.1) is 35.9 Å². The molecule has 0 spiro atoms. The highest BCUT2D eigenvalue weighted by Crippen LogP contribution is 2.56. The maximum Gasteiger partial charge on any atom is 0.1000 e. The van der Waals surface area contributed by atoms with E-state index in [1.165, 1.54) is 29.9 Å². The van der Waals surface area contributed by atoms with Crippen molar-refractivity contribution in [1.82, 2.24) is 5.01 Å². The summed E-state index contributed by atoms with van der Waals surface area (Å²) in [6.45, 7) is 10.1. The van der Waals surface area contributed by atoms with Crippen LogP contribution in [0.3, 0.4) is 0 Å². The molecule has 0 bridgehead atoms. The molecule has 0 aromatic heterocycles. The minimum Gasteiger partial charge on any atom is -0.278 e. The summed E-state index contributed by atoms with van der Waals surface area (Å²) in [5, 5.41) is 13.7. The molecule has 2 aromatic carbocycles. The van der Waals surface area contributed by atoms with Crippen molar-refractivity contribution in [1.29, 1.82) is 0 Å². The second kappa shape index (κ2) is 9.62. The van der Waals surface area contributed by atoms with E-state index in [9.17, 15) is 0 Å². The van der Waals surface area contributed by atoms with Crippen molar-refractivity contribution < 1.29 is 0 Å². The molecule has 1 fully saturated rings. The normalized spacial score (nSPS) is 15.0. The minimum absolute atomic E-state index is 0.910. The quantitative estimate of drug-likeness (QED) is 0.338. The van der Waals surface area contributed by atoms with E-state index in [0.717, 1.165) is 31.1 Å². The third-order valence-corrected chi connectivity index (χ3v) is 9.43. The van der Waals surface area contributed by atoms with Gasteiger partial charge in [-0.15, -0.1) is 5.11 Å². The van der Waals surface area contributed by atoms with E-state index in [0.29, 0.717) is 0 Å². The van der Waals surface area contributed by atoms with Crippen molar-refractivity contribution in [3.8, 4) is 0 Å². The second-order valence-electron chi connectivity index (χ2n) is 6.97. The van der Waals surface area contributed by atoms with Crippen LogP contribution in [0.15, 0.2) is 90.2 Å². The first-order chi connectivity index (χ1) is 13.3. The first-order valence-corrected chi connectivity index (χ1v) is 11.9. The second-order valence-corrected chi connectivity index (χ2v) is 10.7. The topological polar surface area (TPSA) is 28.0 Å². The molecule has 1 aliphatic heterocycles. The number of hydrogen-bond acceptors (Lipinski definition) is 2. The van der Waals surface area contributed by atoms with Crippen LogP contribution in [0.25, 0.3) is 0 Å². The van der Waals surface area contributed by atoms with Gasteiger partial charge in [0.2, 0.25) is 0 Å². The molecule has 1 saturated heterocycles. The fourth-order valence-corrected chi connectivity index (χ4v) is 7.32. The van der Waals surface area contributed by atoms with E-state index in [1.807, 2.05) is 12.2 Å². The zero-order valence-corrected chi connectivity index (χ0v) is 16.9. The Morgan fingerprint density at radius 3 is 2.00 bits per heavy atom. The monoisotopic (exact) mass is 378 g/mol. The van der Waals surface area contributed by atoms with Gasteiger partial charge in [0.25, 0.3) is 0 Å². The first kappa shape index (κ1) is 19.5. The summed E-state index contributed by atoms with van der Waals surface area (Å²) in [5.41, 5.74) is 0.910. The molecular formula is C23H29N3P+. The Balaban J connectivity index is 1.87. The lowest BCUT2D eigenvalue weighted by Gasteiger charge is -2.25. The Morgan fingerprint density at radius 2 is 1.41 bits per heavy atom. The van der Waals surface area contributed by atoms with E-state index >= 15 is 0 Å². The van der Waals surface area contributed by atoms with Crippen molar-refractivity contribution >= 4 is 23.6 Å². The lowest BCUT2D eigenvalue weighted by atomic mass is 10.2. The Labute approximate surface area is 163 Å². The van der Waals surface area contributed by atoms with Crippen LogP contribution in [-0.2, 0) is 0 Å². The molecule has 1 aliphatic rings. The van der Waals surface area contributed by atoms with Gasteiger partial charge >= 0.3 is 0 Å². The average Bonchev–Trinajstić information content (AvgIpc) is 2.74. The average molecular weight is 378 g/mol. The molecule has 27 heavy (non-hydrogen) atoms. The Morgan fingerprint density at radius 1 is 0.815 bits per heavy atom. The molecule has 1 heterocycles. The van der Waals surface area contributed by atoms with Crippen LogP contribution in [0.5, 0.6) is 0 Å². The van der Waals surface area contributed by atoms with Gasteiger partial charge in [-0.2, -0.15) is 0 Å². The van der Waals surface area contributed by atoms with Crippen LogP contribution in [0, 0.1) is 0 Å². The van der Waals surface area contributed by atoms with Gasteiger partial charge in [-0.25, -0.2) is 0 Å². The Bertz CT molecular complexity index is 752. The molecule has 0 amide bonds. The SMILES string of the molecule is C=CC[P+](CC=C)(c1ccccc1)c1ccc(N=NN2CCCCC2)cc1. The van der Waals surface area contributed by atoms with Crippen molar-refractivity contribution in [3.05, 3.63) is 79.9 Å². The lowest BCUT2D eigenvalue weighted by molar-refractivity contribution is 0.224. The lowest BCUT2D eigenvalue weighted by Crippen LogP contribution is -2.26. The van der Waals surface area contributed by atoms with Crippen molar-refractivity contribution in [2.45, 2.75) is 19.3 Å². The summed E-state index contributed by atoms with van der Waals surface area (Å²) in [7, 11) is -1.58. The Kier molecular flexibility index (Phi) is 6.95.